The van der Waals surface area contributed by atoms with Gasteiger partial charge in [-0.25, -0.2) is 9.59 Å². The van der Waals surface area contributed by atoms with Crippen molar-refractivity contribution in [3.8, 4) is 0 Å². The molecule has 2 rings (SSSR count). The molecule has 124 valence electrons. The maximum Gasteiger partial charge on any atom is 0.342 e. The highest BCUT2D eigenvalue weighted by Crippen LogP contribution is 2.16. The molecule has 0 saturated carbocycles. The zero-order valence-corrected chi connectivity index (χ0v) is 11.9. The van der Waals surface area contributed by atoms with Crippen molar-refractivity contribution < 1.29 is 29.6 Å². The zero-order valence-electron chi connectivity index (χ0n) is 11.9. The molecule has 0 aliphatic carbocycles. The largest absolute Gasteiger partial charge is 0.478 e. The maximum atomic E-state index is 10.4. The number of nitro groups is 2. The molecule has 10 nitrogen and oxygen atoms in total. The summed E-state index contributed by atoms with van der Waals surface area (Å²) in [5.74, 6) is -2.46. The molecule has 0 unspecified atom stereocenters. The normalized spacial score (nSPS) is 9.33. The quantitative estimate of drug-likeness (QED) is 0.636. The minimum absolute atomic E-state index is 0.0794. The van der Waals surface area contributed by atoms with Crippen molar-refractivity contribution in [2.45, 2.75) is 0 Å². The summed E-state index contributed by atoms with van der Waals surface area (Å²) in [4.78, 5) is 39.9. The summed E-state index contributed by atoms with van der Waals surface area (Å²) in [6.07, 6.45) is 0. The number of carboxylic acids is 2. The van der Waals surface area contributed by atoms with Crippen LogP contribution >= 0.6 is 0 Å². The van der Waals surface area contributed by atoms with Crippen LogP contribution in [0.5, 0.6) is 0 Å². The van der Waals surface area contributed by atoms with Gasteiger partial charge in [0.2, 0.25) is 0 Å². The van der Waals surface area contributed by atoms with E-state index in [4.69, 9.17) is 10.2 Å². The van der Waals surface area contributed by atoms with Crippen LogP contribution in [0.3, 0.4) is 0 Å². The smallest absolute Gasteiger partial charge is 0.342 e. The molecule has 2 aromatic rings. The third-order valence-electron chi connectivity index (χ3n) is 2.64. The summed E-state index contributed by atoms with van der Waals surface area (Å²) in [5.41, 5.74) is -0.966. The fourth-order valence-electron chi connectivity index (χ4n) is 1.57. The van der Waals surface area contributed by atoms with E-state index in [1.165, 1.54) is 36.4 Å². The number of carboxylic acid groups (broad SMARTS) is 2. The predicted molar refractivity (Wildman–Crippen MR) is 80.1 cm³/mol. The Morgan fingerprint density at radius 2 is 1.46 bits per heavy atom. The minimum Gasteiger partial charge on any atom is -0.478 e. The van der Waals surface area contributed by atoms with Crippen molar-refractivity contribution in [1.82, 2.24) is 0 Å². The van der Waals surface area contributed by atoms with Crippen LogP contribution in [0.2, 0.25) is 0 Å². The van der Waals surface area contributed by atoms with E-state index < -0.39 is 21.8 Å². The fourth-order valence-corrected chi connectivity index (χ4v) is 1.57. The zero-order chi connectivity index (χ0) is 18.3. The number of hydrogen-bond acceptors (Lipinski definition) is 6. The second kappa shape index (κ2) is 7.98. The van der Waals surface area contributed by atoms with E-state index in [1.807, 2.05) is 0 Å². The summed E-state index contributed by atoms with van der Waals surface area (Å²) in [7, 11) is 0. The molecule has 0 bridgehead atoms. The third kappa shape index (κ3) is 4.87. The van der Waals surface area contributed by atoms with Gasteiger partial charge in [-0.15, -0.1) is 0 Å². The molecule has 0 aliphatic heterocycles. The fraction of sp³-hybridized carbons (Fsp3) is 0. The molecular weight excluding hydrogens is 324 g/mol. The second-order valence-electron chi connectivity index (χ2n) is 4.19. The van der Waals surface area contributed by atoms with Gasteiger partial charge in [-0.3, -0.25) is 20.2 Å². The summed E-state index contributed by atoms with van der Waals surface area (Å²) >= 11 is 0. The van der Waals surface area contributed by atoms with Crippen molar-refractivity contribution in [3.63, 3.8) is 0 Å². The lowest BCUT2D eigenvalue weighted by molar-refractivity contribution is -0.385. The molecule has 0 aromatic heterocycles. The first kappa shape index (κ1) is 18.2. The minimum atomic E-state index is -1.29. The van der Waals surface area contributed by atoms with Gasteiger partial charge in [0.25, 0.3) is 11.4 Å². The number of nitrogens with zero attached hydrogens (tertiary/aromatic N) is 2. The van der Waals surface area contributed by atoms with Gasteiger partial charge in [-0.2, -0.15) is 0 Å². The van der Waals surface area contributed by atoms with Crippen molar-refractivity contribution in [3.05, 3.63) is 79.9 Å². The lowest BCUT2D eigenvalue weighted by Crippen LogP contribution is -2.01. The first-order chi connectivity index (χ1) is 11.2. The van der Waals surface area contributed by atoms with Gasteiger partial charge < -0.3 is 10.2 Å². The first-order valence-corrected chi connectivity index (χ1v) is 6.18. The van der Waals surface area contributed by atoms with E-state index in [-0.39, 0.29) is 22.5 Å². The summed E-state index contributed by atoms with van der Waals surface area (Å²) < 4.78 is 0. The summed E-state index contributed by atoms with van der Waals surface area (Å²) in [5, 5.41) is 37.4. The predicted octanol–water partition coefficient (Wildman–Crippen LogP) is 2.59. The highest BCUT2D eigenvalue weighted by molar-refractivity contribution is 5.92. The van der Waals surface area contributed by atoms with Crippen molar-refractivity contribution in [1.29, 1.82) is 0 Å². The van der Waals surface area contributed by atoms with E-state index in [0.717, 1.165) is 12.1 Å². The Bertz CT molecular complexity index is 741. The van der Waals surface area contributed by atoms with Crippen molar-refractivity contribution >= 4 is 23.3 Å². The number of para-hydroxylation sites is 1. The Labute approximate surface area is 133 Å². The third-order valence-corrected chi connectivity index (χ3v) is 2.64. The Balaban J connectivity index is 0.000000240. The summed E-state index contributed by atoms with van der Waals surface area (Å²) in [6.45, 7) is 0. The number of rotatable bonds is 4. The average molecular weight is 334 g/mol. The number of hydrogen-bond donors (Lipinski definition) is 2. The van der Waals surface area contributed by atoms with E-state index in [9.17, 15) is 29.8 Å². The van der Waals surface area contributed by atoms with Crippen LogP contribution in [0, 0.1) is 20.2 Å². The number of benzene rings is 2. The van der Waals surface area contributed by atoms with Gasteiger partial charge in [-0.05, 0) is 12.1 Å². The topological polar surface area (TPSA) is 161 Å². The van der Waals surface area contributed by atoms with Crippen LogP contribution in [0.4, 0.5) is 11.4 Å². The lowest BCUT2D eigenvalue weighted by Gasteiger charge is -1.94. The Morgan fingerprint density at radius 1 is 0.833 bits per heavy atom. The molecule has 10 heteroatoms. The average Bonchev–Trinajstić information content (AvgIpc) is 2.55. The molecule has 0 heterocycles. The Kier molecular flexibility index (Phi) is 6.06. The van der Waals surface area contributed by atoms with Gasteiger partial charge in [-0.1, -0.05) is 18.2 Å². The number of carbonyl (C=O) groups is 2. The molecule has 0 radical (unpaired) electrons. The molecule has 0 aliphatic rings. The van der Waals surface area contributed by atoms with E-state index in [1.54, 1.807) is 0 Å². The van der Waals surface area contributed by atoms with Gasteiger partial charge in [0.05, 0.1) is 15.4 Å². The van der Waals surface area contributed by atoms with Gasteiger partial charge in [0.15, 0.2) is 0 Å². The lowest BCUT2D eigenvalue weighted by atomic mass is 10.2. The molecule has 0 saturated heterocycles. The van der Waals surface area contributed by atoms with Gasteiger partial charge in [0.1, 0.15) is 5.56 Å². The standard InChI is InChI=1S/2C7H5NO4/c9-7(10)5-2-1-3-6(4-5)8(11)12;9-7(10)5-3-1-2-4-6(5)8(11)12/h2*1-4H,(H,9,10). The monoisotopic (exact) mass is 334 g/mol. The van der Waals surface area contributed by atoms with Crippen LogP contribution in [-0.4, -0.2) is 32.0 Å². The van der Waals surface area contributed by atoms with E-state index in [2.05, 4.69) is 0 Å². The van der Waals surface area contributed by atoms with E-state index in [0.29, 0.717) is 0 Å². The van der Waals surface area contributed by atoms with Gasteiger partial charge >= 0.3 is 11.9 Å². The molecule has 0 spiro atoms. The Morgan fingerprint density at radius 3 is 1.92 bits per heavy atom. The highest BCUT2D eigenvalue weighted by Gasteiger charge is 2.17. The molecule has 0 fully saturated rings. The first-order valence-electron chi connectivity index (χ1n) is 6.18. The van der Waals surface area contributed by atoms with Crippen LogP contribution in [-0.2, 0) is 0 Å². The van der Waals surface area contributed by atoms with Crippen molar-refractivity contribution in [2.75, 3.05) is 0 Å². The maximum absolute atomic E-state index is 10.4. The molecule has 0 atom stereocenters. The van der Waals surface area contributed by atoms with Crippen LogP contribution in [0.15, 0.2) is 48.5 Å². The van der Waals surface area contributed by atoms with Crippen LogP contribution in [0.25, 0.3) is 0 Å². The van der Waals surface area contributed by atoms with Crippen LogP contribution < -0.4 is 0 Å². The molecule has 2 aromatic carbocycles. The Hall–Kier alpha value is -3.82. The van der Waals surface area contributed by atoms with Gasteiger partial charge in [0, 0.05) is 18.2 Å². The number of aromatic carboxylic acids is 2. The SMILES string of the molecule is O=C(O)c1cccc([N+](=O)[O-])c1.O=C(O)c1ccccc1[N+](=O)[O-]. The summed E-state index contributed by atoms with van der Waals surface area (Å²) in [6, 6.07) is 10.1. The highest BCUT2D eigenvalue weighted by atomic mass is 16.6. The van der Waals surface area contributed by atoms with Crippen LogP contribution in [0.1, 0.15) is 20.7 Å². The molecule has 0 amide bonds. The van der Waals surface area contributed by atoms with E-state index >= 15 is 0 Å². The molecule has 24 heavy (non-hydrogen) atoms. The molecular formula is C14H10N2O8. The molecule has 2 N–H and O–H groups in total. The van der Waals surface area contributed by atoms with Crippen molar-refractivity contribution in [2.24, 2.45) is 0 Å². The second-order valence-corrected chi connectivity index (χ2v) is 4.19. The number of non-ortho nitro benzene ring substituents is 1. The number of nitro benzene ring substituents is 2.